The minimum atomic E-state index is -0.206. The van der Waals surface area contributed by atoms with E-state index in [1.807, 2.05) is 6.07 Å². The molecular weight excluding hydrogens is 201 g/mol. The van der Waals surface area contributed by atoms with Crippen LogP contribution in [-0.2, 0) is 0 Å². The second-order valence-electron chi connectivity index (χ2n) is 4.41. The van der Waals surface area contributed by atoms with Gasteiger partial charge in [-0.25, -0.2) is 4.39 Å². The summed E-state index contributed by atoms with van der Waals surface area (Å²) in [5.74, 6) is -0.206. The van der Waals surface area contributed by atoms with Crippen LogP contribution in [0.15, 0.2) is 35.9 Å². The molecule has 0 aliphatic heterocycles. The standard InChI is InChI=1S/C14H18FN/c15-13-9-5-8-12(10-13)14(16)11-6-3-1-2-4-7-11/h5-6,8-10,14H,1-4,7,16H2. The van der Waals surface area contributed by atoms with Gasteiger partial charge in [0, 0.05) is 0 Å². The molecule has 1 aliphatic rings. The molecule has 1 aromatic rings. The molecule has 16 heavy (non-hydrogen) atoms. The molecule has 1 atom stereocenters. The zero-order chi connectivity index (χ0) is 11.4. The van der Waals surface area contributed by atoms with Gasteiger partial charge in [-0.05, 0) is 43.4 Å². The summed E-state index contributed by atoms with van der Waals surface area (Å²) in [6, 6.07) is 6.49. The molecule has 0 radical (unpaired) electrons. The highest BCUT2D eigenvalue weighted by Crippen LogP contribution is 2.27. The molecule has 0 fully saturated rings. The highest BCUT2D eigenvalue weighted by molar-refractivity contribution is 5.28. The smallest absolute Gasteiger partial charge is 0.123 e. The molecule has 1 aliphatic carbocycles. The topological polar surface area (TPSA) is 26.0 Å². The first-order valence-corrected chi connectivity index (χ1v) is 5.97. The van der Waals surface area contributed by atoms with Crippen molar-refractivity contribution in [2.24, 2.45) is 5.73 Å². The predicted molar refractivity (Wildman–Crippen MR) is 64.5 cm³/mol. The Hall–Kier alpha value is -1.15. The fraction of sp³-hybridized carbons (Fsp3) is 0.429. The van der Waals surface area contributed by atoms with E-state index in [1.165, 1.54) is 37.0 Å². The zero-order valence-electron chi connectivity index (χ0n) is 9.45. The Kier molecular flexibility index (Phi) is 3.73. The lowest BCUT2D eigenvalue weighted by Crippen LogP contribution is -2.13. The van der Waals surface area contributed by atoms with Gasteiger partial charge in [-0.15, -0.1) is 0 Å². The Balaban J connectivity index is 2.17. The number of halogens is 1. The first-order valence-electron chi connectivity index (χ1n) is 5.97. The van der Waals surface area contributed by atoms with Gasteiger partial charge in [0.05, 0.1) is 6.04 Å². The Labute approximate surface area is 96.2 Å². The molecule has 0 amide bonds. The molecule has 0 spiro atoms. The van der Waals surface area contributed by atoms with Crippen molar-refractivity contribution in [2.45, 2.75) is 38.1 Å². The van der Waals surface area contributed by atoms with Crippen LogP contribution in [0.5, 0.6) is 0 Å². The SMILES string of the molecule is NC(C1=CCCCCC1)c1cccc(F)c1. The fourth-order valence-corrected chi connectivity index (χ4v) is 2.24. The average molecular weight is 219 g/mol. The molecule has 0 heterocycles. The minimum absolute atomic E-state index is 0.131. The van der Waals surface area contributed by atoms with Crippen LogP contribution in [0.1, 0.15) is 43.7 Å². The van der Waals surface area contributed by atoms with E-state index in [0.717, 1.165) is 18.4 Å². The van der Waals surface area contributed by atoms with Gasteiger partial charge < -0.3 is 5.73 Å². The molecule has 2 N–H and O–H groups in total. The van der Waals surface area contributed by atoms with Crippen LogP contribution >= 0.6 is 0 Å². The Morgan fingerprint density at radius 2 is 2.06 bits per heavy atom. The molecule has 1 nitrogen and oxygen atoms in total. The minimum Gasteiger partial charge on any atom is -0.321 e. The van der Waals surface area contributed by atoms with Crippen LogP contribution in [-0.4, -0.2) is 0 Å². The van der Waals surface area contributed by atoms with Crippen LogP contribution in [0, 0.1) is 5.82 Å². The van der Waals surface area contributed by atoms with Gasteiger partial charge in [0.2, 0.25) is 0 Å². The molecule has 1 aromatic carbocycles. The van der Waals surface area contributed by atoms with Crippen molar-refractivity contribution < 1.29 is 4.39 Å². The third kappa shape index (κ3) is 2.70. The molecule has 2 heteroatoms. The summed E-state index contributed by atoms with van der Waals surface area (Å²) in [5, 5.41) is 0. The molecular formula is C14H18FN. The van der Waals surface area contributed by atoms with Crippen LogP contribution in [0.2, 0.25) is 0 Å². The van der Waals surface area contributed by atoms with E-state index in [9.17, 15) is 4.39 Å². The van der Waals surface area contributed by atoms with E-state index in [2.05, 4.69) is 6.08 Å². The Morgan fingerprint density at radius 1 is 1.19 bits per heavy atom. The molecule has 2 rings (SSSR count). The number of nitrogens with two attached hydrogens (primary N) is 1. The molecule has 0 bridgehead atoms. The van der Waals surface area contributed by atoms with Crippen LogP contribution in [0.3, 0.4) is 0 Å². The first-order chi connectivity index (χ1) is 7.77. The van der Waals surface area contributed by atoms with Gasteiger partial charge >= 0.3 is 0 Å². The molecule has 1 unspecified atom stereocenters. The van der Waals surface area contributed by atoms with Crippen molar-refractivity contribution >= 4 is 0 Å². The summed E-state index contributed by atoms with van der Waals surface area (Å²) in [4.78, 5) is 0. The summed E-state index contributed by atoms with van der Waals surface area (Å²) in [7, 11) is 0. The van der Waals surface area contributed by atoms with E-state index >= 15 is 0 Å². The van der Waals surface area contributed by atoms with E-state index in [0.29, 0.717) is 0 Å². The first kappa shape index (κ1) is 11.3. The third-order valence-corrected chi connectivity index (χ3v) is 3.18. The monoisotopic (exact) mass is 219 g/mol. The van der Waals surface area contributed by atoms with Crippen molar-refractivity contribution in [3.8, 4) is 0 Å². The number of allylic oxidation sites excluding steroid dienone is 1. The zero-order valence-corrected chi connectivity index (χ0v) is 9.45. The van der Waals surface area contributed by atoms with Crippen LogP contribution in [0.25, 0.3) is 0 Å². The molecule has 86 valence electrons. The summed E-state index contributed by atoms with van der Waals surface area (Å²) in [6.07, 6.45) is 8.13. The summed E-state index contributed by atoms with van der Waals surface area (Å²) >= 11 is 0. The summed E-state index contributed by atoms with van der Waals surface area (Å²) in [5.41, 5.74) is 8.32. The van der Waals surface area contributed by atoms with Crippen LogP contribution in [0.4, 0.5) is 4.39 Å². The Morgan fingerprint density at radius 3 is 2.88 bits per heavy atom. The van der Waals surface area contributed by atoms with Crippen molar-refractivity contribution in [3.63, 3.8) is 0 Å². The van der Waals surface area contributed by atoms with E-state index in [1.54, 1.807) is 6.07 Å². The maximum atomic E-state index is 13.1. The van der Waals surface area contributed by atoms with Gasteiger partial charge in [-0.2, -0.15) is 0 Å². The lowest BCUT2D eigenvalue weighted by atomic mass is 9.96. The lowest BCUT2D eigenvalue weighted by Gasteiger charge is -2.15. The number of hydrogen-bond donors (Lipinski definition) is 1. The summed E-state index contributed by atoms with van der Waals surface area (Å²) in [6.45, 7) is 0. The van der Waals surface area contributed by atoms with E-state index < -0.39 is 0 Å². The molecule has 0 aromatic heterocycles. The van der Waals surface area contributed by atoms with E-state index in [-0.39, 0.29) is 11.9 Å². The van der Waals surface area contributed by atoms with Crippen molar-refractivity contribution in [1.29, 1.82) is 0 Å². The quantitative estimate of drug-likeness (QED) is 0.754. The number of hydrogen-bond acceptors (Lipinski definition) is 1. The van der Waals surface area contributed by atoms with Gasteiger partial charge in [0.25, 0.3) is 0 Å². The third-order valence-electron chi connectivity index (χ3n) is 3.18. The number of rotatable bonds is 2. The second-order valence-corrected chi connectivity index (χ2v) is 4.41. The normalized spacial score (nSPS) is 18.8. The van der Waals surface area contributed by atoms with E-state index in [4.69, 9.17) is 5.73 Å². The highest BCUT2D eigenvalue weighted by atomic mass is 19.1. The number of benzene rings is 1. The van der Waals surface area contributed by atoms with Crippen molar-refractivity contribution in [1.82, 2.24) is 0 Å². The predicted octanol–water partition coefficient (Wildman–Crippen LogP) is 3.72. The largest absolute Gasteiger partial charge is 0.321 e. The molecule has 0 saturated heterocycles. The van der Waals surface area contributed by atoms with Gasteiger partial charge in [0.1, 0.15) is 5.82 Å². The highest BCUT2D eigenvalue weighted by Gasteiger charge is 2.13. The fourth-order valence-electron chi connectivity index (χ4n) is 2.24. The van der Waals surface area contributed by atoms with Gasteiger partial charge in [-0.3, -0.25) is 0 Å². The molecule has 0 saturated carbocycles. The summed E-state index contributed by atoms with van der Waals surface area (Å²) < 4.78 is 13.1. The van der Waals surface area contributed by atoms with Gasteiger partial charge in [0.15, 0.2) is 0 Å². The van der Waals surface area contributed by atoms with Crippen molar-refractivity contribution in [3.05, 3.63) is 47.3 Å². The maximum absolute atomic E-state index is 13.1. The Bertz CT molecular complexity index is 384. The maximum Gasteiger partial charge on any atom is 0.123 e. The second kappa shape index (κ2) is 5.26. The van der Waals surface area contributed by atoms with Gasteiger partial charge in [-0.1, -0.05) is 30.2 Å². The average Bonchev–Trinajstić information content (AvgIpc) is 2.56. The van der Waals surface area contributed by atoms with Crippen molar-refractivity contribution in [2.75, 3.05) is 0 Å². The lowest BCUT2D eigenvalue weighted by molar-refractivity contribution is 0.621. The van der Waals surface area contributed by atoms with Crippen LogP contribution < -0.4 is 5.73 Å².